The van der Waals surface area contributed by atoms with Crippen molar-refractivity contribution in [3.05, 3.63) is 35.9 Å². The first-order valence-corrected chi connectivity index (χ1v) is 4.57. The van der Waals surface area contributed by atoms with Crippen LogP contribution in [0.4, 0.5) is 0 Å². The van der Waals surface area contributed by atoms with Gasteiger partial charge < -0.3 is 5.11 Å². The maximum atomic E-state index is 10.8. The third-order valence-electron chi connectivity index (χ3n) is 2.16. The molecule has 0 bridgehead atoms. The van der Waals surface area contributed by atoms with Gasteiger partial charge in [-0.2, -0.15) is 0 Å². The molecule has 0 unspecified atom stereocenters. The van der Waals surface area contributed by atoms with Gasteiger partial charge in [-0.15, -0.1) is 12.6 Å². The molecule has 2 rings (SSSR count). The van der Waals surface area contributed by atoms with Gasteiger partial charge in [-0.25, -0.2) is 0 Å². The van der Waals surface area contributed by atoms with Gasteiger partial charge in [0.2, 0.25) is 0 Å². The predicted octanol–water partition coefficient (Wildman–Crippen LogP) is 2.65. The van der Waals surface area contributed by atoms with E-state index in [0.29, 0.717) is 16.7 Å². The Hall–Kier alpha value is -1.48. The Morgan fingerprint density at radius 2 is 2.00 bits per heavy atom. The number of phenols is 1. The van der Waals surface area contributed by atoms with Crippen LogP contribution in [0.2, 0.25) is 0 Å². The van der Waals surface area contributed by atoms with Crippen LogP contribution in [-0.4, -0.2) is 11.4 Å². The summed E-state index contributed by atoms with van der Waals surface area (Å²) in [6, 6.07) is 9.11. The third-order valence-corrected chi connectivity index (χ3v) is 2.50. The molecule has 0 aliphatic rings. The van der Waals surface area contributed by atoms with Crippen molar-refractivity contribution in [2.24, 2.45) is 0 Å². The van der Waals surface area contributed by atoms with Gasteiger partial charge in [0.05, 0.1) is 5.56 Å². The molecule has 1 N–H and O–H groups in total. The molecule has 0 heterocycles. The molecule has 0 aliphatic carbocycles. The van der Waals surface area contributed by atoms with Gasteiger partial charge in [-0.1, -0.05) is 24.3 Å². The molecule has 0 aliphatic heterocycles. The van der Waals surface area contributed by atoms with Crippen LogP contribution in [0.15, 0.2) is 35.2 Å². The van der Waals surface area contributed by atoms with Crippen LogP contribution < -0.4 is 0 Å². The molecule has 2 aromatic carbocycles. The smallest absolute Gasteiger partial charge is 0.154 e. The van der Waals surface area contributed by atoms with Crippen LogP contribution in [0.3, 0.4) is 0 Å². The van der Waals surface area contributed by atoms with Crippen LogP contribution >= 0.6 is 12.6 Å². The first-order chi connectivity index (χ1) is 6.74. The molecule has 2 aromatic rings. The standard InChI is InChI=1S/C11H8O2S/c12-6-9-8-4-2-1-3-7(8)5-10(14)11(9)13/h1-6,13-14H. The summed E-state index contributed by atoms with van der Waals surface area (Å²) in [6.07, 6.45) is 0.650. The van der Waals surface area contributed by atoms with Gasteiger partial charge in [0.1, 0.15) is 5.75 Å². The van der Waals surface area contributed by atoms with Crippen molar-refractivity contribution in [1.29, 1.82) is 0 Å². The zero-order valence-electron chi connectivity index (χ0n) is 7.27. The second-order valence-electron chi connectivity index (χ2n) is 3.00. The normalized spacial score (nSPS) is 10.4. The number of carbonyl (C=O) groups is 1. The first-order valence-electron chi connectivity index (χ1n) is 4.13. The Bertz CT molecular complexity index is 506. The fourth-order valence-corrected chi connectivity index (χ4v) is 1.73. The predicted molar refractivity (Wildman–Crippen MR) is 58.3 cm³/mol. The average Bonchev–Trinajstić information content (AvgIpc) is 2.20. The Morgan fingerprint density at radius 1 is 1.29 bits per heavy atom. The minimum atomic E-state index is -0.0537. The van der Waals surface area contributed by atoms with E-state index in [1.165, 1.54) is 0 Å². The molecule has 0 fully saturated rings. The van der Waals surface area contributed by atoms with Gasteiger partial charge in [0.25, 0.3) is 0 Å². The van der Waals surface area contributed by atoms with E-state index >= 15 is 0 Å². The van der Waals surface area contributed by atoms with Crippen LogP contribution in [0, 0.1) is 0 Å². The van der Waals surface area contributed by atoms with E-state index in [9.17, 15) is 9.90 Å². The van der Waals surface area contributed by atoms with Crippen molar-refractivity contribution in [2.75, 3.05) is 0 Å². The van der Waals surface area contributed by atoms with Gasteiger partial charge in [-0.3, -0.25) is 4.79 Å². The minimum Gasteiger partial charge on any atom is -0.506 e. The molecule has 0 atom stereocenters. The fourth-order valence-electron chi connectivity index (χ4n) is 1.47. The highest BCUT2D eigenvalue weighted by Crippen LogP contribution is 2.31. The van der Waals surface area contributed by atoms with E-state index in [2.05, 4.69) is 12.6 Å². The van der Waals surface area contributed by atoms with Crippen LogP contribution in [0.1, 0.15) is 10.4 Å². The lowest BCUT2D eigenvalue weighted by molar-refractivity contribution is 0.112. The molecule has 14 heavy (non-hydrogen) atoms. The molecule has 3 heteroatoms. The number of aromatic hydroxyl groups is 1. The van der Waals surface area contributed by atoms with Gasteiger partial charge in [-0.05, 0) is 16.8 Å². The summed E-state index contributed by atoms with van der Waals surface area (Å²) < 4.78 is 0. The van der Waals surface area contributed by atoms with Crippen LogP contribution in [0.25, 0.3) is 10.8 Å². The monoisotopic (exact) mass is 204 g/mol. The number of carbonyl (C=O) groups excluding carboxylic acids is 1. The van der Waals surface area contributed by atoms with Crippen molar-refractivity contribution in [3.8, 4) is 5.75 Å². The quantitative estimate of drug-likeness (QED) is 0.553. The maximum absolute atomic E-state index is 10.8. The largest absolute Gasteiger partial charge is 0.506 e. The Balaban J connectivity index is 2.96. The van der Waals surface area contributed by atoms with Crippen molar-refractivity contribution in [2.45, 2.75) is 4.90 Å². The summed E-state index contributed by atoms with van der Waals surface area (Å²) >= 11 is 4.09. The molecule has 0 spiro atoms. The number of benzene rings is 2. The average molecular weight is 204 g/mol. The number of hydrogen-bond donors (Lipinski definition) is 2. The lowest BCUT2D eigenvalue weighted by Gasteiger charge is -2.05. The highest BCUT2D eigenvalue weighted by Gasteiger charge is 2.08. The van der Waals surface area contributed by atoms with Crippen LogP contribution in [0.5, 0.6) is 5.75 Å². The van der Waals surface area contributed by atoms with E-state index in [4.69, 9.17) is 0 Å². The van der Waals surface area contributed by atoms with E-state index in [1.54, 1.807) is 12.1 Å². The van der Waals surface area contributed by atoms with Gasteiger partial charge in [0, 0.05) is 4.90 Å². The number of hydrogen-bond acceptors (Lipinski definition) is 3. The summed E-state index contributed by atoms with van der Waals surface area (Å²) in [5.74, 6) is -0.0537. The number of fused-ring (bicyclic) bond motifs is 1. The van der Waals surface area contributed by atoms with E-state index < -0.39 is 0 Å². The zero-order chi connectivity index (χ0) is 10.1. The van der Waals surface area contributed by atoms with Crippen LogP contribution in [-0.2, 0) is 0 Å². The van der Waals surface area contributed by atoms with Crippen molar-refractivity contribution in [1.82, 2.24) is 0 Å². The highest BCUT2D eigenvalue weighted by molar-refractivity contribution is 7.80. The van der Waals surface area contributed by atoms with Crippen molar-refractivity contribution in [3.63, 3.8) is 0 Å². The lowest BCUT2D eigenvalue weighted by atomic mass is 10.0. The van der Waals surface area contributed by atoms with Crippen molar-refractivity contribution < 1.29 is 9.90 Å². The van der Waals surface area contributed by atoms with Gasteiger partial charge in [0.15, 0.2) is 6.29 Å². The summed E-state index contributed by atoms with van der Waals surface area (Å²) in [7, 11) is 0. The van der Waals surface area contributed by atoms with Crippen molar-refractivity contribution >= 4 is 29.7 Å². The summed E-state index contributed by atoms with van der Waals surface area (Å²) in [4.78, 5) is 11.2. The molecular formula is C11H8O2S. The molecule has 2 nitrogen and oxygen atoms in total. The Kier molecular flexibility index (Phi) is 2.17. The van der Waals surface area contributed by atoms with E-state index in [-0.39, 0.29) is 5.75 Å². The molecule has 70 valence electrons. The zero-order valence-corrected chi connectivity index (χ0v) is 8.16. The lowest BCUT2D eigenvalue weighted by Crippen LogP contribution is -1.86. The highest BCUT2D eigenvalue weighted by atomic mass is 32.1. The molecule has 0 saturated carbocycles. The first kappa shape index (κ1) is 9.09. The number of rotatable bonds is 1. The molecule has 0 aromatic heterocycles. The number of phenolic OH excluding ortho intramolecular Hbond substituents is 1. The summed E-state index contributed by atoms with van der Waals surface area (Å²) in [5, 5.41) is 11.2. The summed E-state index contributed by atoms with van der Waals surface area (Å²) in [6.45, 7) is 0. The number of aldehydes is 1. The minimum absolute atomic E-state index is 0.0537. The number of thiol groups is 1. The second-order valence-corrected chi connectivity index (χ2v) is 3.48. The molecule has 0 radical (unpaired) electrons. The molecular weight excluding hydrogens is 196 g/mol. The maximum Gasteiger partial charge on any atom is 0.154 e. The third kappa shape index (κ3) is 1.26. The SMILES string of the molecule is O=Cc1c(O)c(S)cc2ccccc12. The summed E-state index contributed by atoms with van der Waals surface area (Å²) in [5.41, 5.74) is 0.299. The molecule has 0 amide bonds. The van der Waals surface area contributed by atoms with Gasteiger partial charge >= 0.3 is 0 Å². The van der Waals surface area contributed by atoms with E-state index in [0.717, 1.165) is 10.8 Å². The second kappa shape index (κ2) is 3.35. The van der Waals surface area contributed by atoms with E-state index in [1.807, 2.05) is 18.2 Å². The fraction of sp³-hybridized carbons (Fsp3) is 0. The molecule has 0 saturated heterocycles. The topological polar surface area (TPSA) is 37.3 Å². The Morgan fingerprint density at radius 3 is 2.71 bits per heavy atom. The Labute approximate surface area is 86.6 Å².